The Labute approximate surface area is 264 Å². The van der Waals surface area contributed by atoms with Crippen LogP contribution >= 0.6 is 7.82 Å². The molecule has 0 aliphatic heterocycles. The molecule has 0 aliphatic carbocycles. The first kappa shape index (κ1) is 31.7. The normalized spacial score (nSPS) is 11.1. The summed E-state index contributed by atoms with van der Waals surface area (Å²) in [7, 11) is -4.11. The van der Waals surface area contributed by atoms with E-state index in [9.17, 15) is 9.36 Å². The van der Waals surface area contributed by atoms with E-state index in [2.05, 4.69) is 5.32 Å². The molecule has 5 rings (SSSR count). The van der Waals surface area contributed by atoms with Gasteiger partial charge in [0.05, 0.1) is 19.6 Å². The van der Waals surface area contributed by atoms with E-state index in [-0.39, 0.29) is 31.5 Å². The van der Waals surface area contributed by atoms with Gasteiger partial charge in [-0.2, -0.15) is 0 Å². The van der Waals surface area contributed by atoms with Crippen LogP contribution in [0.25, 0.3) is 0 Å². The number of phosphoric ester groups is 1. The van der Waals surface area contributed by atoms with E-state index >= 15 is 0 Å². The lowest BCUT2D eigenvalue weighted by Gasteiger charge is -2.21. The highest BCUT2D eigenvalue weighted by molar-refractivity contribution is 7.48. The predicted octanol–water partition coefficient (Wildman–Crippen LogP) is 8.09. The minimum atomic E-state index is -4.11. The first-order valence-corrected chi connectivity index (χ1v) is 16.3. The molecule has 230 valence electrons. The maximum Gasteiger partial charge on any atom is 0.530 e. The van der Waals surface area contributed by atoms with E-state index in [1.165, 1.54) is 0 Å². The molecule has 0 heterocycles. The van der Waals surface area contributed by atoms with Gasteiger partial charge in [0.25, 0.3) is 0 Å². The standard InChI is InChI=1S/C37H36NO6P/c39-37(26-30-13-5-1-6-14-30)38-24-23-31-21-22-35(36(25-31)41-27-32-15-7-2-8-16-32)44-45(40,42-28-33-17-9-3-10-18-33)43-29-34-19-11-4-12-20-34/h1-22,25H,23-24,26-29H2,(H,38,39). The molecule has 0 unspecified atom stereocenters. The fourth-order valence-electron chi connectivity index (χ4n) is 4.49. The highest BCUT2D eigenvalue weighted by atomic mass is 31.2. The van der Waals surface area contributed by atoms with E-state index in [1.54, 1.807) is 6.07 Å². The second-order valence-corrected chi connectivity index (χ2v) is 12.0. The zero-order valence-electron chi connectivity index (χ0n) is 24.9. The molecule has 0 spiro atoms. The topological polar surface area (TPSA) is 83.1 Å². The minimum absolute atomic E-state index is 0.0356. The van der Waals surface area contributed by atoms with Crippen LogP contribution < -0.4 is 14.6 Å². The molecule has 0 atom stereocenters. The summed E-state index contributed by atoms with van der Waals surface area (Å²) >= 11 is 0. The molecular weight excluding hydrogens is 585 g/mol. The number of hydrogen-bond donors (Lipinski definition) is 1. The molecule has 5 aromatic carbocycles. The van der Waals surface area contributed by atoms with Crippen LogP contribution in [0, 0.1) is 0 Å². The van der Waals surface area contributed by atoms with Gasteiger partial charge < -0.3 is 14.6 Å². The summed E-state index contributed by atoms with van der Waals surface area (Å²) in [5, 5.41) is 2.98. The number of nitrogens with one attached hydrogen (secondary N) is 1. The zero-order chi connectivity index (χ0) is 31.2. The van der Waals surface area contributed by atoms with Crippen molar-refractivity contribution in [2.75, 3.05) is 6.54 Å². The third-order valence-electron chi connectivity index (χ3n) is 6.86. The lowest BCUT2D eigenvalue weighted by molar-refractivity contribution is -0.120. The van der Waals surface area contributed by atoms with Crippen LogP contribution in [-0.2, 0) is 51.1 Å². The number of carbonyl (C=O) groups is 1. The fourth-order valence-corrected chi connectivity index (χ4v) is 5.67. The van der Waals surface area contributed by atoms with Crippen molar-refractivity contribution in [1.29, 1.82) is 0 Å². The number of phosphoric acid groups is 1. The van der Waals surface area contributed by atoms with Crippen molar-refractivity contribution in [3.8, 4) is 11.5 Å². The number of rotatable bonds is 16. The number of ether oxygens (including phenoxy) is 1. The van der Waals surface area contributed by atoms with Gasteiger partial charge in [-0.3, -0.25) is 13.8 Å². The third kappa shape index (κ3) is 10.5. The lowest BCUT2D eigenvalue weighted by atomic mass is 10.1. The Kier molecular flexibility index (Phi) is 11.6. The van der Waals surface area contributed by atoms with Crippen molar-refractivity contribution in [3.05, 3.63) is 167 Å². The van der Waals surface area contributed by atoms with Crippen molar-refractivity contribution in [1.82, 2.24) is 5.32 Å². The molecule has 8 heteroatoms. The SMILES string of the molecule is O=C(Cc1ccccc1)NCCc1ccc(OP(=O)(OCc2ccccc2)OCc2ccccc2)c(OCc2ccccc2)c1. The molecule has 0 saturated heterocycles. The first-order valence-electron chi connectivity index (χ1n) is 14.8. The summed E-state index contributed by atoms with van der Waals surface area (Å²) < 4.78 is 38.0. The van der Waals surface area contributed by atoms with Crippen LogP contribution in [0.3, 0.4) is 0 Å². The average Bonchev–Trinajstić information content (AvgIpc) is 3.08. The molecular formula is C37H36NO6P. The second kappa shape index (κ2) is 16.4. The summed E-state index contributed by atoms with van der Waals surface area (Å²) in [6.45, 7) is 0.791. The van der Waals surface area contributed by atoms with Crippen molar-refractivity contribution < 1.29 is 27.7 Å². The molecule has 1 amide bonds. The molecule has 5 aromatic rings. The summed E-state index contributed by atoms with van der Waals surface area (Å²) in [6, 6.07) is 43.6. The molecule has 0 aromatic heterocycles. The van der Waals surface area contributed by atoms with Gasteiger partial charge in [0, 0.05) is 6.54 Å². The van der Waals surface area contributed by atoms with Crippen molar-refractivity contribution in [3.63, 3.8) is 0 Å². The average molecular weight is 622 g/mol. The number of amides is 1. The van der Waals surface area contributed by atoms with Gasteiger partial charge >= 0.3 is 7.82 Å². The lowest BCUT2D eigenvalue weighted by Crippen LogP contribution is -2.27. The van der Waals surface area contributed by atoms with Gasteiger partial charge in [-0.1, -0.05) is 127 Å². The molecule has 1 N–H and O–H groups in total. The quantitative estimate of drug-likeness (QED) is 0.112. The van der Waals surface area contributed by atoms with Gasteiger partial charge in [0.2, 0.25) is 5.91 Å². The second-order valence-electron chi connectivity index (χ2n) is 10.4. The minimum Gasteiger partial charge on any atom is -0.485 e. The van der Waals surface area contributed by atoms with E-state index in [1.807, 2.05) is 133 Å². The Balaban J connectivity index is 1.31. The van der Waals surface area contributed by atoms with Gasteiger partial charge in [0.1, 0.15) is 6.61 Å². The Hall–Kier alpha value is -4.68. The largest absolute Gasteiger partial charge is 0.530 e. The maximum absolute atomic E-state index is 14.1. The molecule has 0 saturated carbocycles. The van der Waals surface area contributed by atoms with E-state index in [0.717, 1.165) is 27.8 Å². The molecule has 0 aliphatic rings. The zero-order valence-corrected chi connectivity index (χ0v) is 25.8. The van der Waals surface area contributed by atoms with Crippen LogP contribution in [0.2, 0.25) is 0 Å². The Morgan fingerprint density at radius 2 is 1.04 bits per heavy atom. The first-order chi connectivity index (χ1) is 22.0. The summed E-state index contributed by atoms with van der Waals surface area (Å²) in [5.74, 6) is 0.569. The van der Waals surface area contributed by atoms with Crippen LogP contribution in [0.5, 0.6) is 11.5 Å². The van der Waals surface area contributed by atoms with Crippen LogP contribution in [0.4, 0.5) is 0 Å². The van der Waals surface area contributed by atoms with Gasteiger partial charge in [-0.25, -0.2) is 4.57 Å². The van der Waals surface area contributed by atoms with Crippen molar-refractivity contribution >= 4 is 13.7 Å². The van der Waals surface area contributed by atoms with E-state index in [0.29, 0.717) is 25.1 Å². The van der Waals surface area contributed by atoms with Crippen LogP contribution in [0.15, 0.2) is 140 Å². The number of benzene rings is 5. The van der Waals surface area contributed by atoms with Crippen molar-refractivity contribution in [2.45, 2.75) is 32.7 Å². The molecule has 0 radical (unpaired) electrons. The van der Waals surface area contributed by atoms with E-state index in [4.69, 9.17) is 18.3 Å². The third-order valence-corrected chi connectivity index (χ3v) is 8.17. The fraction of sp³-hybridized carbons (Fsp3) is 0.162. The molecule has 45 heavy (non-hydrogen) atoms. The monoisotopic (exact) mass is 621 g/mol. The molecule has 7 nitrogen and oxygen atoms in total. The van der Waals surface area contributed by atoms with Crippen molar-refractivity contribution in [2.24, 2.45) is 0 Å². The van der Waals surface area contributed by atoms with Crippen LogP contribution in [0.1, 0.15) is 27.8 Å². The summed E-state index contributed by atoms with van der Waals surface area (Å²) in [5.41, 5.74) is 4.49. The predicted molar refractivity (Wildman–Crippen MR) is 175 cm³/mol. The smallest absolute Gasteiger partial charge is 0.485 e. The summed E-state index contributed by atoms with van der Waals surface area (Å²) in [6.07, 6.45) is 0.884. The highest BCUT2D eigenvalue weighted by Gasteiger charge is 2.31. The Morgan fingerprint density at radius 1 is 0.556 bits per heavy atom. The summed E-state index contributed by atoms with van der Waals surface area (Å²) in [4.78, 5) is 12.5. The molecule has 0 bridgehead atoms. The van der Waals surface area contributed by atoms with Gasteiger partial charge in [0.15, 0.2) is 11.5 Å². The highest BCUT2D eigenvalue weighted by Crippen LogP contribution is 2.53. The van der Waals surface area contributed by atoms with Crippen LogP contribution in [-0.4, -0.2) is 12.5 Å². The Morgan fingerprint density at radius 3 is 1.58 bits per heavy atom. The number of hydrogen-bond acceptors (Lipinski definition) is 6. The van der Waals surface area contributed by atoms with Gasteiger partial charge in [-0.05, 0) is 46.4 Å². The Bertz CT molecular complexity index is 1620. The van der Waals surface area contributed by atoms with Gasteiger partial charge in [-0.15, -0.1) is 0 Å². The maximum atomic E-state index is 14.1. The number of carbonyl (C=O) groups excluding carboxylic acids is 1. The van der Waals surface area contributed by atoms with E-state index < -0.39 is 7.82 Å². The molecule has 0 fully saturated rings.